The van der Waals surface area contributed by atoms with Crippen LogP contribution in [0.4, 0.5) is 5.69 Å². The van der Waals surface area contributed by atoms with Crippen LogP contribution in [0.3, 0.4) is 0 Å². The van der Waals surface area contributed by atoms with Crippen molar-refractivity contribution >= 4 is 39.9 Å². The van der Waals surface area contributed by atoms with Crippen LogP contribution in [-0.4, -0.2) is 33.2 Å². The molecule has 0 fully saturated rings. The summed E-state index contributed by atoms with van der Waals surface area (Å²) in [5.41, 5.74) is 3.15. The highest BCUT2D eigenvalue weighted by Gasteiger charge is 2.16. The summed E-state index contributed by atoms with van der Waals surface area (Å²) in [6.07, 6.45) is 0. The van der Waals surface area contributed by atoms with Crippen molar-refractivity contribution in [2.45, 2.75) is 13.8 Å². The Morgan fingerprint density at radius 1 is 1.16 bits per heavy atom. The number of aryl methyl sites for hydroxylation is 3. The summed E-state index contributed by atoms with van der Waals surface area (Å²) in [5, 5.41) is 9.72. The summed E-state index contributed by atoms with van der Waals surface area (Å²) in [5.74, 6) is -0.0595. The van der Waals surface area contributed by atoms with Gasteiger partial charge in [0.1, 0.15) is 5.75 Å². The van der Waals surface area contributed by atoms with E-state index in [1.54, 1.807) is 42.1 Å². The van der Waals surface area contributed by atoms with Gasteiger partial charge in [0.05, 0.1) is 10.3 Å². The average molecular weight is 436 g/mol. The lowest BCUT2D eigenvalue weighted by Gasteiger charge is -2.07. The number of aromatic nitrogens is 3. The van der Waals surface area contributed by atoms with Crippen LogP contribution < -0.4 is 14.8 Å². The van der Waals surface area contributed by atoms with E-state index < -0.39 is 5.97 Å². The number of thiophene rings is 1. The molecule has 8 nitrogen and oxygen atoms in total. The van der Waals surface area contributed by atoms with Gasteiger partial charge in [-0.25, -0.2) is 14.5 Å². The van der Waals surface area contributed by atoms with E-state index in [1.807, 2.05) is 31.4 Å². The van der Waals surface area contributed by atoms with E-state index in [9.17, 15) is 9.59 Å². The Morgan fingerprint density at radius 2 is 1.94 bits per heavy atom. The van der Waals surface area contributed by atoms with Crippen molar-refractivity contribution in [2.24, 2.45) is 7.05 Å². The molecular weight excluding hydrogens is 416 g/mol. The Kier molecular flexibility index (Phi) is 5.68. The fraction of sp³-hybridized carbons (Fsp3) is 0.182. The van der Waals surface area contributed by atoms with Crippen molar-refractivity contribution in [3.8, 4) is 11.6 Å². The molecule has 0 saturated heterocycles. The van der Waals surface area contributed by atoms with Gasteiger partial charge in [0.2, 0.25) is 5.88 Å². The normalized spacial score (nSPS) is 10.8. The monoisotopic (exact) mass is 436 g/mol. The molecule has 4 aromatic rings. The van der Waals surface area contributed by atoms with E-state index in [1.165, 1.54) is 11.3 Å². The van der Waals surface area contributed by atoms with Crippen LogP contribution in [0, 0.1) is 13.8 Å². The van der Waals surface area contributed by atoms with Crippen LogP contribution in [-0.2, 0) is 11.8 Å². The number of anilines is 1. The minimum absolute atomic E-state index is 0.185. The number of carbonyl (C=O) groups excluding carboxylic acids is 2. The first-order chi connectivity index (χ1) is 14.9. The second kappa shape index (κ2) is 8.57. The Balaban J connectivity index is 1.36. The van der Waals surface area contributed by atoms with Gasteiger partial charge in [-0.1, -0.05) is 6.07 Å². The number of amides is 1. The predicted octanol–water partition coefficient (Wildman–Crippen LogP) is 3.88. The zero-order chi connectivity index (χ0) is 22.0. The molecule has 158 valence electrons. The second-order valence-electron chi connectivity index (χ2n) is 6.93. The lowest BCUT2D eigenvalue weighted by Crippen LogP contribution is -2.18. The number of nitrogens with one attached hydrogen (secondary N) is 1. The number of esters is 1. The van der Waals surface area contributed by atoms with E-state index in [2.05, 4.69) is 15.4 Å². The molecule has 1 N–H and O–H groups in total. The van der Waals surface area contributed by atoms with Crippen LogP contribution in [0.1, 0.15) is 20.9 Å². The minimum atomic E-state index is -0.563. The molecule has 3 heterocycles. The van der Waals surface area contributed by atoms with Crippen LogP contribution >= 0.6 is 11.3 Å². The van der Waals surface area contributed by atoms with Crippen LogP contribution in [0.5, 0.6) is 11.6 Å². The molecule has 0 unspecified atom stereocenters. The Labute approximate surface area is 182 Å². The molecule has 0 spiro atoms. The standard InChI is InChI=1S/C22H20N4O4S/c1-13-11-14(2)23-20-19(13)22(25-26(20)3)29-12-18(27)30-16-8-6-15(7-9-16)24-21(28)17-5-4-10-31-17/h4-11H,12H2,1-3H3,(H,24,28). The summed E-state index contributed by atoms with van der Waals surface area (Å²) in [4.78, 5) is 29.4. The minimum Gasteiger partial charge on any atom is -0.464 e. The first-order valence-electron chi connectivity index (χ1n) is 9.50. The average Bonchev–Trinajstić information content (AvgIpc) is 3.37. The van der Waals surface area contributed by atoms with E-state index in [4.69, 9.17) is 9.47 Å². The zero-order valence-corrected chi connectivity index (χ0v) is 18.0. The third-order valence-electron chi connectivity index (χ3n) is 4.50. The summed E-state index contributed by atoms with van der Waals surface area (Å²) < 4.78 is 12.5. The maximum Gasteiger partial charge on any atom is 0.349 e. The third kappa shape index (κ3) is 4.56. The molecule has 0 aliphatic rings. The molecule has 1 aromatic carbocycles. The SMILES string of the molecule is Cc1cc(C)c2c(OCC(=O)Oc3ccc(NC(=O)c4cccs4)cc3)nn(C)c2n1. The number of carbonyl (C=O) groups is 2. The highest BCUT2D eigenvalue weighted by Crippen LogP contribution is 2.27. The Bertz CT molecular complexity index is 1250. The van der Waals surface area contributed by atoms with Crippen molar-refractivity contribution < 1.29 is 19.1 Å². The van der Waals surface area contributed by atoms with E-state index in [0.717, 1.165) is 16.6 Å². The highest BCUT2D eigenvalue weighted by molar-refractivity contribution is 7.12. The predicted molar refractivity (Wildman–Crippen MR) is 118 cm³/mol. The molecule has 4 rings (SSSR count). The zero-order valence-electron chi connectivity index (χ0n) is 17.2. The molecule has 31 heavy (non-hydrogen) atoms. The molecule has 0 aliphatic carbocycles. The van der Waals surface area contributed by atoms with Crippen molar-refractivity contribution in [1.82, 2.24) is 14.8 Å². The fourth-order valence-electron chi connectivity index (χ4n) is 3.15. The van der Waals surface area contributed by atoms with Crippen molar-refractivity contribution in [2.75, 3.05) is 11.9 Å². The second-order valence-corrected chi connectivity index (χ2v) is 7.87. The molecule has 9 heteroatoms. The first-order valence-corrected chi connectivity index (χ1v) is 10.4. The number of hydrogen-bond acceptors (Lipinski definition) is 7. The lowest BCUT2D eigenvalue weighted by atomic mass is 10.2. The number of fused-ring (bicyclic) bond motifs is 1. The number of nitrogens with zero attached hydrogens (tertiary/aromatic N) is 3. The molecular formula is C22H20N4O4S. The van der Waals surface area contributed by atoms with E-state index >= 15 is 0 Å². The molecule has 0 bridgehead atoms. The number of hydrogen-bond donors (Lipinski definition) is 1. The molecule has 0 saturated carbocycles. The van der Waals surface area contributed by atoms with Crippen molar-refractivity contribution in [1.29, 1.82) is 0 Å². The topological polar surface area (TPSA) is 95.3 Å². The van der Waals surface area contributed by atoms with Gasteiger partial charge in [-0.3, -0.25) is 4.79 Å². The molecule has 0 aliphatic heterocycles. The van der Waals surface area contributed by atoms with Crippen LogP contribution in [0.2, 0.25) is 0 Å². The number of benzene rings is 1. The van der Waals surface area contributed by atoms with E-state index in [-0.39, 0.29) is 12.5 Å². The van der Waals surface area contributed by atoms with Gasteiger partial charge in [-0.05, 0) is 61.2 Å². The van der Waals surface area contributed by atoms with Crippen molar-refractivity contribution in [3.05, 3.63) is 64.0 Å². The van der Waals surface area contributed by atoms with Gasteiger partial charge in [0.25, 0.3) is 5.91 Å². The Morgan fingerprint density at radius 3 is 2.65 bits per heavy atom. The number of ether oxygens (including phenoxy) is 2. The van der Waals surface area contributed by atoms with Gasteiger partial charge in [0, 0.05) is 18.4 Å². The summed E-state index contributed by atoms with van der Waals surface area (Å²) in [6.45, 7) is 3.56. The fourth-order valence-corrected chi connectivity index (χ4v) is 3.76. The third-order valence-corrected chi connectivity index (χ3v) is 5.37. The van der Waals surface area contributed by atoms with Crippen LogP contribution in [0.25, 0.3) is 11.0 Å². The highest BCUT2D eigenvalue weighted by atomic mass is 32.1. The number of pyridine rings is 1. The van der Waals surface area contributed by atoms with Gasteiger partial charge in [-0.15, -0.1) is 16.4 Å². The van der Waals surface area contributed by atoms with Gasteiger partial charge < -0.3 is 14.8 Å². The van der Waals surface area contributed by atoms with Gasteiger partial charge in [-0.2, -0.15) is 0 Å². The van der Waals surface area contributed by atoms with Gasteiger partial charge >= 0.3 is 5.97 Å². The van der Waals surface area contributed by atoms with Gasteiger partial charge in [0.15, 0.2) is 12.3 Å². The summed E-state index contributed by atoms with van der Waals surface area (Å²) in [7, 11) is 1.78. The maximum absolute atomic E-state index is 12.2. The molecule has 3 aromatic heterocycles. The summed E-state index contributed by atoms with van der Waals surface area (Å²) in [6, 6.07) is 12.0. The first kappa shape index (κ1) is 20.5. The maximum atomic E-state index is 12.2. The smallest absolute Gasteiger partial charge is 0.349 e. The largest absolute Gasteiger partial charge is 0.464 e. The van der Waals surface area contributed by atoms with Crippen molar-refractivity contribution in [3.63, 3.8) is 0 Å². The lowest BCUT2D eigenvalue weighted by molar-refractivity contribution is -0.136. The summed E-state index contributed by atoms with van der Waals surface area (Å²) >= 11 is 1.36. The van der Waals surface area contributed by atoms with E-state index in [0.29, 0.717) is 27.8 Å². The van der Waals surface area contributed by atoms with Crippen LogP contribution in [0.15, 0.2) is 47.8 Å². The molecule has 0 atom stereocenters. The number of rotatable bonds is 6. The molecule has 0 radical (unpaired) electrons. The Hall–Kier alpha value is -3.72. The molecule has 1 amide bonds. The quantitative estimate of drug-likeness (QED) is 0.364.